The van der Waals surface area contributed by atoms with Crippen LogP contribution < -0.4 is 0 Å². The van der Waals surface area contributed by atoms with Crippen LogP contribution in [-0.4, -0.2) is 45.3 Å². The molecule has 16 heavy (non-hydrogen) atoms. The minimum atomic E-state index is -2.69. The van der Waals surface area contributed by atoms with Crippen molar-refractivity contribution in [2.75, 3.05) is 13.2 Å². The van der Waals surface area contributed by atoms with Gasteiger partial charge in [0.25, 0.3) is 0 Å². The lowest BCUT2D eigenvalue weighted by atomic mass is 10.2. The number of aliphatic hydroxyl groups excluding tert-OH is 1. The Labute approximate surface area is 89.6 Å². The van der Waals surface area contributed by atoms with Gasteiger partial charge in [-0.25, -0.2) is 0 Å². The lowest BCUT2D eigenvalue weighted by Crippen LogP contribution is -2.55. The summed E-state index contributed by atoms with van der Waals surface area (Å²) in [5, 5.41) is 30.6. The average Bonchev–Trinajstić information content (AvgIpc) is 2.58. The van der Waals surface area contributed by atoms with Crippen LogP contribution in [0, 0.1) is 20.2 Å². The number of aliphatic hydroxyl groups is 1. The van der Waals surface area contributed by atoms with E-state index in [1.807, 2.05) is 0 Å². The van der Waals surface area contributed by atoms with Crippen molar-refractivity contribution < 1.29 is 24.6 Å². The van der Waals surface area contributed by atoms with E-state index in [0.29, 0.717) is 0 Å². The molecule has 1 saturated heterocycles. The first-order valence-corrected chi connectivity index (χ1v) is 4.48. The number of hydroxylamine groups is 2. The van der Waals surface area contributed by atoms with Crippen LogP contribution in [0.2, 0.25) is 0 Å². The molecule has 1 rings (SSSR count). The second-order valence-corrected chi connectivity index (χ2v) is 3.08. The molecule has 1 N–H and O–H groups in total. The van der Waals surface area contributed by atoms with Crippen molar-refractivity contribution in [1.29, 1.82) is 0 Å². The summed E-state index contributed by atoms with van der Waals surface area (Å²) in [6.07, 6.45) is -1.61. The fourth-order valence-electron chi connectivity index (χ4n) is 1.34. The Kier molecular flexibility index (Phi) is 3.70. The van der Waals surface area contributed by atoms with Crippen molar-refractivity contribution in [3.8, 4) is 0 Å². The normalized spacial score (nSPS) is 24.5. The first-order chi connectivity index (χ1) is 7.48. The summed E-state index contributed by atoms with van der Waals surface area (Å²) in [7, 11) is 0. The minimum Gasteiger partial charge on any atom is -0.394 e. The number of hydrogen-bond donors (Lipinski definition) is 1. The van der Waals surface area contributed by atoms with Crippen molar-refractivity contribution in [3.05, 3.63) is 20.2 Å². The molecule has 1 aliphatic rings. The molecule has 0 radical (unpaired) electrons. The van der Waals surface area contributed by atoms with E-state index in [-0.39, 0.29) is 11.8 Å². The zero-order chi connectivity index (χ0) is 12.3. The molecule has 92 valence electrons. The highest BCUT2D eigenvalue weighted by atomic mass is 17.0. The highest BCUT2D eigenvalue weighted by molar-refractivity contribution is 4.73. The van der Waals surface area contributed by atoms with Gasteiger partial charge < -0.3 is 5.11 Å². The van der Waals surface area contributed by atoms with Crippen LogP contribution in [0.25, 0.3) is 0 Å². The number of rotatable bonds is 5. The van der Waals surface area contributed by atoms with Crippen LogP contribution >= 0.6 is 0 Å². The molecule has 0 bridgehead atoms. The summed E-state index contributed by atoms with van der Waals surface area (Å²) in [6.45, 7) is 0.912. The second kappa shape index (κ2) is 4.65. The topological polar surface area (TPSA) is 128 Å². The van der Waals surface area contributed by atoms with Crippen LogP contribution in [0.1, 0.15) is 13.3 Å². The number of nitrogens with zero attached hydrogens (tertiary/aromatic N) is 3. The fourth-order valence-corrected chi connectivity index (χ4v) is 1.34. The van der Waals surface area contributed by atoms with Gasteiger partial charge in [0.2, 0.25) is 0 Å². The number of nitro groups is 2. The molecular formula is C6H11N3O7. The Hall–Kier alpha value is -1.36. The van der Waals surface area contributed by atoms with Crippen LogP contribution in [0.3, 0.4) is 0 Å². The van der Waals surface area contributed by atoms with Crippen molar-refractivity contribution in [2.24, 2.45) is 0 Å². The van der Waals surface area contributed by atoms with E-state index < -0.39 is 34.8 Å². The molecule has 0 aliphatic carbocycles. The van der Waals surface area contributed by atoms with Crippen LogP contribution in [0.15, 0.2) is 0 Å². The largest absolute Gasteiger partial charge is 0.568 e. The third-order valence-corrected chi connectivity index (χ3v) is 2.07. The van der Waals surface area contributed by atoms with Gasteiger partial charge in [0.15, 0.2) is 0 Å². The van der Waals surface area contributed by atoms with E-state index in [1.54, 1.807) is 0 Å². The summed E-state index contributed by atoms with van der Waals surface area (Å²) in [4.78, 5) is 28.8. The summed E-state index contributed by atoms with van der Waals surface area (Å²) in [5.41, 5.74) is 0. The van der Waals surface area contributed by atoms with Crippen molar-refractivity contribution in [2.45, 2.75) is 25.2 Å². The highest BCUT2D eigenvalue weighted by Crippen LogP contribution is 2.32. The molecule has 10 heteroatoms. The lowest BCUT2D eigenvalue weighted by Gasteiger charge is -2.18. The molecule has 0 aromatic rings. The first kappa shape index (κ1) is 12.7. The molecular weight excluding hydrogens is 226 g/mol. The molecule has 0 aromatic carbocycles. The van der Waals surface area contributed by atoms with Crippen LogP contribution in [0.4, 0.5) is 0 Å². The van der Waals surface area contributed by atoms with E-state index in [1.165, 1.54) is 6.92 Å². The fraction of sp³-hybridized carbons (Fsp3) is 1.00. The Balaban J connectivity index is 3.03. The van der Waals surface area contributed by atoms with Gasteiger partial charge in [-0.1, -0.05) is 0 Å². The predicted molar refractivity (Wildman–Crippen MR) is 46.8 cm³/mol. The van der Waals surface area contributed by atoms with Crippen molar-refractivity contribution in [3.63, 3.8) is 0 Å². The second-order valence-electron chi connectivity index (χ2n) is 3.08. The van der Waals surface area contributed by atoms with E-state index in [2.05, 4.69) is 0 Å². The maximum atomic E-state index is 10.8. The smallest absolute Gasteiger partial charge is 0.394 e. The molecule has 1 atom stereocenters. The van der Waals surface area contributed by atoms with E-state index >= 15 is 0 Å². The molecule has 1 fully saturated rings. The lowest BCUT2D eigenvalue weighted by molar-refractivity contribution is -0.850. The maximum Gasteiger partial charge on any atom is 0.568 e. The highest BCUT2D eigenvalue weighted by Gasteiger charge is 2.71. The van der Waals surface area contributed by atoms with Crippen molar-refractivity contribution in [1.82, 2.24) is 5.23 Å². The zero-order valence-electron chi connectivity index (χ0n) is 8.44. The van der Waals surface area contributed by atoms with Gasteiger partial charge in [-0.3, -0.25) is 29.9 Å². The Morgan fingerprint density at radius 3 is 2.50 bits per heavy atom. The molecule has 1 heterocycles. The van der Waals surface area contributed by atoms with Gasteiger partial charge in [-0.15, -0.1) is 0 Å². The summed E-state index contributed by atoms with van der Waals surface area (Å²) >= 11 is 0. The van der Waals surface area contributed by atoms with Crippen molar-refractivity contribution >= 4 is 0 Å². The van der Waals surface area contributed by atoms with Gasteiger partial charge in [0, 0.05) is 0 Å². The molecule has 1 unspecified atom stereocenters. The quantitative estimate of drug-likeness (QED) is 0.371. The zero-order valence-corrected chi connectivity index (χ0v) is 8.44. The SMILES string of the molecule is CCON1OC(CO)CC1([N+](=O)[O-])[N+](=O)[O-]. The molecule has 0 aromatic heterocycles. The van der Waals surface area contributed by atoms with Gasteiger partial charge in [0.05, 0.1) is 18.4 Å². The third-order valence-electron chi connectivity index (χ3n) is 2.07. The molecule has 1 aliphatic heterocycles. The summed E-state index contributed by atoms with van der Waals surface area (Å²) in [6, 6.07) is 0. The van der Waals surface area contributed by atoms with E-state index in [4.69, 9.17) is 14.8 Å². The summed E-state index contributed by atoms with van der Waals surface area (Å²) < 4.78 is 0. The van der Waals surface area contributed by atoms with E-state index in [0.717, 1.165) is 0 Å². The van der Waals surface area contributed by atoms with Crippen LogP contribution in [0.5, 0.6) is 0 Å². The first-order valence-electron chi connectivity index (χ1n) is 4.48. The van der Waals surface area contributed by atoms with Gasteiger partial charge in [-0.05, 0) is 6.92 Å². The van der Waals surface area contributed by atoms with Gasteiger partial charge >= 0.3 is 5.79 Å². The average molecular weight is 237 g/mol. The Morgan fingerprint density at radius 1 is 1.56 bits per heavy atom. The number of hydrogen-bond acceptors (Lipinski definition) is 8. The van der Waals surface area contributed by atoms with E-state index in [9.17, 15) is 20.2 Å². The van der Waals surface area contributed by atoms with Gasteiger partial charge in [-0.2, -0.15) is 0 Å². The monoisotopic (exact) mass is 237 g/mol. The minimum absolute atomic E-state index is 0.0262. The molecule has 0 spiro atoms. The maximum absolute atomic E-state index is 10.8. The van der Waals surface area contributed by atoms with Crippen LogP contribution in [-0.2, 0) is 9.68 Å². The molecule has 10 nitrogen and oxygen atoms in total. The van der Waals surface area contributed by atoms with Gasteiger partial charge in [0.1, 0.15) is 22.4 Å². The standard InChI is InChI=1S/C6H11N3O7/c1-2-15-9-6(7(11)12,8(13)14)3-5(4-10)16-9/h5,10H,2-4H2,1H3. The Bertz CT molecular complexity index is 282. The third kappa shape index (κ3) is 1.82. The molecule has 0 saturated carbocycles. The molecule has 0 amide bonds. The Morgan fingerprint density at radius 2 is 2.12 bits per heavy atom. The predicted octanol–water partition coefficient (Wildman–Crippen LogP) is -0.857. The summed E-state index contributed by atoms with van der Waals surface area (Å²) in [5.74, 6) is -2.69.